The fourth-order valence-corrected chi connectivity index (χ4v) is 3.01. The second-order valence-electron chi connectivity index (χ2n) is 6.17. The van der Waals surface area contributed by atoms with Crippen LogP contribution in [-0.2, 0) is 0 Å². The summed E-state index contributed by atoms with van der Waals surface area (Å²) in [5, 5.41) is 38.3. The molecule has 1 aromatic rings. The fourth-order valence-electron chi connectivity index (χ4n) is 3.01. The molecule has 0 aliphatic carbocycles. The first-order valence-electron chi connectivity index (χ1n) is 7.63. The van der Waals surface area contributed by atoms with Crippen molar-refractivity contribution in [1.82, 2.24) is 0 Å². The number of aliphatic imine (C=N–C) groups is 1. The van der Waals surface area contributed by atoms with Crippen LogP contribution in [-0.4, -0.2) is 33.8 Å². The van der Waals surface area contributed by atoms with E-state index in [1.165, 1.54) is 24.3 Å². The lowest BCUT2D eigenvalue weighted by Gasteiger charge is -2.38. The summed E-state index contributed by atoms with van der Waals surface area (Å²) in [4.78, 5) is 4.34. The number of nitriles is 1. The van der Waals surface area contributed by atoms with Gasteiger partial charge in [-0.2, -0.15) is 5.26 Å². The van der Waals surface area contributed by atoms with Gasteiger partial charge >= 0.3 is 0 Å². The normalized spacial score (nSPS) is 25.2. The lowest BCUT2D eigenvalue weighted by molar-refractivity contribution is 0.134. The molecule has 1 aromatic carbocycles. The van der Waals surface area contributed by atoms with Gasteiger partial charge in [-0.3, -0.25) is 4.99 Å². The maximum atomic E-state index is 13.3. The van der Waals surface area contributed by atoms with Crippen LogP contribution in [0.5, 0.6) is 0 Å². The standard InChI is InChI=1S/C18H20FN3O2/c1-10(2)17-15(14(23)8-20)16(12-4-6-13(19)7-5-12)18(24,9-21)11(3)22-17/h4-8,10,14,16,20,23-24H,1-3H3. The van der Waals surface area contributed by atoms with Crippen molar-refractivity contribution in [1.29, 1.82) is 10.7 Å². The van der Waals surface area contributed by atoms with Crippen LogP contribution in [0.25, 0.3) is 0 Å². The molecule has 0 fully saturated rings. The minimum Gasteiger partial charge on any atom is -0.383 e. The maximum absolute atomic E-state index is 13.3. The van der Waals surface area contributed by atoms with Gasteiger partial charge in [-0.25, -0.2) is 4.39 Å². The van der Waals surface area contributed by atoms with Gasteiger partial charge in [0.2, 0.25) is 0 Å². The molecule has 6 heteroatoms. The molecule has 0 bridgehead atoms. The summed E-state index contributed by atoms with van der Waals surface area (Å²) >= 11 is 0. The predicted molar refractivity (Wildman–Crippen MR) is 89.5 cm³/mol. The number of nitrogens with one attached hydrogen (secondary N) is 1. The van der Waals surface area contributed by atoms with Crippen molar-refractivity contribution >= 4 is 11.9 Å². The van der Waals surface area contributed by atoms with Crippen molar-refractivity contribution in [3.05, 3.63) is 46.9 Å². The smallest absolute Gasteiger partial charge is 0.200 e. The summed E-state index contributed by atoms with van der Waals surface area (Å²) in [6, 6.07) is 7.28. The van der Waals surface area contributed by atoms with Crippen LogP contribution in [0.4, 0.5) is 4.39 Å². The summed E-state index contributed by atoms with van der Waals surface area (Å²) in [5.41, 5.74) is -0.470. The molecule has 1 aliphatic rings. The van der Waals surface area contributed by atoms with E-state index in [1.54, 1.807) is 6.92 Å². The molecule has 0 radical (unpaired) electrons. The monoisotopic (exact) mass is 329 g/mol. The van der Waals surface area contributed by atoms with Gasteiger partial charge in [-0.1, -0.05) is 26.0 Å². The lowest BCUT2D eigenvalue weighted by Crippen LogP contribution is -2.47. The Morgan fingerprint density at radius 3 is 2.42 bits per heavy atom. The van der Waals surface area contributed by atoms with Gasteiger partial charge in [0.1, 0.15) is 18.0 Å². The number of nitrogens with zero attached hydrogens (tertiary/aromatic N) is 2. The Bertz CT molecular complexity index is 747. The second kappa shape index (κ2) is 6.63. The van der Waals surface area contributed by atoms with E-state index in [4.69, 9.17) is 5.41 Å². The highest BCUT2D eigenvalue weighted by Gasteiger charge is 2.48. The first-order valence-corrected chi connectivity index (χ1v) is 7.63. The molecule has 3 N–H and O–H groups in total. The van der Waals surface area contributed by atoms with Gasteiger partial charge in [0, 0.05) is 11.9 Å². The number of hydrogen-bond donors (Lipinski definition) is 3. The molecule has 0 aromatic heterocycles. The molecule has 5 nitrogen and oxygen atoms in total. The minimum absolute atomic E-state index is 0.0873. The lowest BCUT2D eigenvalue weighted by atomic mass is 9.70. The van der Waals surface area contributed by atoms with Crippen LogP contribution in [0.2, 0.25) is 0 Å². The molecule has 126 valence electrons. The Labute approximate surface area is 140 Å². The Morgan fingerprint density at radius 1 is 1.38 bits per heavy atom. The number of hydrogen-bond acceptors (Lipinski definition) is 5. The molecule has 24 heavy (non-hydrogen) atoms. The molecular weight excluding hydrogens is 309 g/mol. The van der Waals surface area contributed by atoms with E-state index >= 15 is 0 Å². The van der Waals surface area contributed by atoms with Gasteiger partial charge in [0.05, 0.1) is 11.6 Å². The largest absolute Gasteiger partial charge is 0.383 e. The van der Waals surface area contributed by atoms with Gasteiger partial charge in [-0.05, 0) is 36.1 Å². The Balaban J connectivity index is 2.80. The third-order valence-electron chi connectivity index (χ3n) is 4.26. The van der Waals surface area contributed by atoms with E-state index < -0.39 is 23.4 Å². The zero-order valence-corrected chi connectivity index (χ0v) is 13.8. The highest BCUT2D eigenvalue weighted by molar-refractivity contribution is 5.97. The number of aliphatic hydroxyl groups excluding tert-OH is 1. The second-order valence-corrected chi connectivity index (χ2v) is 6.17. The Hall–Kier alpha value is -2.36. The summed E-state index contributed by atoms with van der Waals surface area (Å²) in [7, 11) is 0. The molecule has 0 saturated heterocycles. The van der Waals surface area contributed by atoms with Gasteiger partial charge < -0.3 is 15.6 Å². The molecule has 0 amide bonds. The minimum atomic E-state index is -1.98. The summed E-state index contributed by atoms with van der Waals surface area (Å²) < 4.78 is 13.3. The zero-order chi connectivity index (χ0) is 18.1. The molecule has 0 saturated carbocycles. The van der Waals surface area contributed by atoms with Crippen LogP contribution in [0.1, 0.15) is 32.3 Å². The number of allylic oxidation sites excluding steroid dienone is 1. The van der Waals surface area contributed by atoms with E-state index in [1.807, 2.05) is 19.9 Å². The molecule has 0 spiro atoms. The van der Waals surface area contributed by atoms with Crippen molar-refractivity contribution < 1.29 is 14.6 Å². The number of rotatable bonds is 4. The van der Waals surface area contributed by atoms with Gasteiger partial charge in [-0.15, -0.1) is 0 Å². The highest BCUT2D eigenvalue weighted by Crippen LogP contribution is 2.44. The van der Waals surface area contributed by atoms with E-state index in [9.17, 15) is 19.9 Å². The van der Waals surface area contributed by atoms with Gasteiger partial charge in [0.25, 0.3) is 0 Å². The third kappa shape index (κ3) is 2.88. The van der Waals surface area contributed by atoms with Crippen molar-refractivity contribution in [2.45, 2.75) is 38.4 Å². The SMILES string of the molecule is CC1=NC(C(C)C)=C(C(O)C=N)C(c2ccc(F)cc2)C1(O)C#N. The first-order chi connectivity index (χ1) is 11.3. The Morgan fingerprint density at radius 2 is 1.96 bits per heavy atom. The number of aliphatic hydroxyl groups is 2. The number of halogens is 1. The van der Waals surface area contributed by atoms with Crippen molar-refractivity contribution in [2.24, 2.45) is 10.9 Å². The molecule has 3 atom stereocenters. The van der Waals surface area contributed by atoms with Crippen LogP contribution in [0.3, 0.4) is 0 Å². The van der Waals surface area contributed by atoms with E-state index in [2.05, 4.69) is 4.99 Å². The number of benzene rings is 1. The fraction of sp³-hybridized carbons (Fsp3) is 0.389. The summed E-state index contributed by atoms with van der Waals surface area (Å²) in [6.45, 7) is 5.30. The van der Waals surface area contributed by atoms with Crippen LogP contribution < -0.4 is 0 Å². The average molecular weight is 329 g/mol. The molecule has 1 heterocycles. The van der Waals surface area contributed by atoms with Gasteiger partial charge in [0.15, 0.2) is 5.60 Å². The van der Waals surface area contributed by atoms with E-state index in [-0.39, 0.29) is 11.6 Å². The third-order valence-corrected chi connectivity index (χ3v) is 4.26. The van der Waals surface area contributed by atoms with E-state index in [0.29, 0.717) is 16.8 Å². The quantitative estimate of drug-likeness (QED) is 0.584. The van der Waals surface area contributed by atoms with Crippen LogP contribution >= 0.6 is 0 Å². The molecule has 3 unspecified atom stereocenters. The molecular formula is C18H20FN3O2. The van der Waals surface area contributed by atoms with Crippen LogP contribution in [0.15, 0.2) is 40.5 Å². The predicted octanol–water partition coefficient (Wildman–Crippen LogP) is 2.56. The maximum Gasteiger partial charge on any atom is 0.200 e. The molecule has 1 aliphatic heterocycles. The van der Waals surface area contributed by atoms with Crippen LogP contribution in [0, 0.1) is 28.5 Å². The van der Waals surface area contributed by atoms with Crippen molar-refractivity contribution in [2.75, 3.05) is 0 Å². The average Bonchev–Trinajstić information content (AvgIpc) is 2.56. The highest BCUT2D eigenvalue weighted by atomic mass is 19.1. The first kappa shape index (κ1) is 18.0. The van der Waals surface area contributed by atoms with E-state index in [0.717, 1.165) is 6.21 Å². The van der Waals surface area contributed by atoms with Crippen molar-refractivity contribution in [3.63, 3.8) is 0 Å². The molecule has 2 rings (SSSR count). The summed E-state index contributed by atoms with van der Waals surface area (Å²) in [6.07, 6.45) is -0.462. The zero-order valence-electron chi connectivity index (χ0n) is 13.8. The topological polar surface area (TPSA) is 100 Å². The Kier molecular flexibility index (Phi) is 4.97. The van der Waals surface area contributed by atoms with Crippen molar-refractivity contribution in [3.8, 4) is 6.07 Å². The summed E-state index contributed by atoms with van der Waals surface area (Å²) in [5.74, 6) is -1.46.